The molecule has 0 aliphatic carbocycles. The van der Waals surface area contributed by atoms with Crippen molar-refractivity contribution in [2.75, 3.05) is 67.6 Å². The largest absolute Gasteiger partial charge is 0.460 e. The predicted molar refractivity (Wildman–Crippen MR) is 197 cm³/mol. The van der Waals surface area contributed by atoms with Gasteiger partial charge >= 0.3 is 11.9 Å². The molecule has 6 nitrogen and oxygen atoms in total. The molecule has 0 aliphatic rings. The maximum Gasteiger partial charge on any atom is 0.306 e. The van der Waals surface area contributed by atoms with E-state index in [1.807, 2.05) is 0 Å². The zero-order valence-electron chi connectivity index (χ0n) is 32.2. The van der Waals surface area contributed by atoms with Crippen LogP contribution in [0.2, 0.25) is 0 Å². The van der Waals surface area contributed by atoms with Crippen molar-refractivity contribution in [1.82, 2.24) is 0 Å². The number of carbonyl (C=O) groups excluding carboxylic acids is 2. The SMILES string of the molecule is CCCCCCCCCCCCCC[N+](C)(C)CCOC(=O)CCC(=O)OCC[N+](C)(C)CCCCCCCCCCCCCC. The first kappa shape index (κ1) is 44.9. The van der Waals surface area contributed by atoms with Crippen LogP contribution < -0.4 is 0 Å². The number of hydrogen-bond donors (Lipinski definition) is 0. The van der Waals surface area contributed by atoms with Crippen molar-refractivity contribution in [2.24, 2.45) is 0 Å². The van der Waals surface area contributed by atoms with Crippen molar-refractivity contribution in [1.29, 1.82) is 0 Å². The summed E-state index contributed by atoms with van der Waals surface area (Å²) in [5, 5.41) is 0. The number of rotatable bonds is 35. The average molecular weight is 655 g/mol. The minimum absolute atomic E-state index is 0.0993. The number of unbranched alkanes of at least 4 members (excludes halogenated alkanes) is 22. The Balaban J connectivity index is 3.69. The summed E-state index contributed by atoms with van der Waals surface area (Å²) in [6.45, 7) is 9.19. The van der Waals surface area contributed by atoms with E-state index in [9.17, 15) is 9.59 Å². The van der Waals surface area contributed by atoms with Crippen LogP contribution in [0.15, 0.2) is 0 Å². The summed E-state index contributed by atoms with van der Waals surface area (Å²) in [4.78, 5) is 24.4. The second-order valence-corrected chi connectivity index (χ2v) is 15.5. The van der Waals surface area contributed by atoms with Gasteiger partial charge in [0, 0.05) is 0 Å². The van der Waals surface area contributed by atoms with Gasteiger partial charge in [-0.05, 0) is 25.7 Å². The zero-order chi connectivity index (χ0) is 34.2. The molecule has 0 rings (SSSR count). The fraction of sp³-hybridized carbons (Fsp3) is 0.950. The molecule has 0 heterocycles. The minimum Gasteiger partial charge on any atom is -0.460 e. The van der Waals surface area contributed by atoms with E-state index in [2.05, 4.69) is 42.0 Å². The van der Waals surface area contributed by atoms with Crippen LogP contribution in [0.4, 0.5) is 0 Å². The lowest BCUT2D eigenvalue weighted by atomic mass is 10.1. The van der Waals surface area contributed by atoms with Gasteiger partial charge in [0.2, 0.25) is 0 Å². The van der Waals surface area contributed by atoms with Crippen LogP contribution >= 0.6 is 0 Å². The number of carbonyl (C=O) groups is 2. The lowest BCUT2D eigenvalue weighted by Crippen LogP contribution is -2.43. The summed E-state index contributed by atoms with van der Waals surface area (Å²) >= 11 is 0. The Bertz CT molecular complexity index is 637. The first-order chi connectivity index (χ1) is 22.1. The van der Waals surface area contributed by atoms with E-state index in [4.69, 9.17) is 9.47 Å². The maximum absolute atomic E-state index is 12.2. The van der Waals surface area contributed by atoms with Crippen molar-refractivity contribution in [3.8, 4) is 0 Å². The lowest BCUT2D eigenvalue weighted by Gasteiger charge is -2.29. The van der Waals surface area contributed by atoms with E-state index in [-0.39, 0.29) is 24.8 Å². The number of nitrogens with zero attached hydrogens (tertiary/aromatic N) is 2. The molecule has 0 N–H and O–H groups in total. The van der Waals surface area contributed by atoms with E-state index in [1.165, 1.54) is 154 Å². The number of esters is 2. The van der Waals surface area contributed by atoms with E-state index in [0.717, 1.165) is 35.1 Å². The van der Waals surface area contributed by atoms with Gasteiger partial charge in [-0.1, -0.05) is 142 Å². The second-order valence-electron chi connectivity index (χ2n) is 15.5. The second kappa shape index (κ2) is 31.1. The zero-order valence-corrected chi connectivity index (χ0v) is 32.2. The van der Waals surface area contributed by atoms with Gasteiger partial charge in [-0.15, -0.1) is 0 Å². The maximum atomic E-state index is 12.2. The van der Waals surface area contributed by atoms with E-state index in [0.29, 0.717) is 13.2 Å². The van der Waals surface area contributed by atoms with Crippen molar-refractivity contribution < 1.29 is 28.0 Å². The van der Waals surface area contributed by atoms with E-state index >= 15 is 0 Å². The monoisotopic (exact) mass is 655 g/mol. The highest BCUT2D eigenvalue weighted by Crippen LogP contribution is 2.14. The Morgan fingerprint density at radius 2 is 0.609 bits per heavy atom. The highest BCUT2D eigenvalue weighted by molar-refractivity contribution is 5.77. The molecular formula is C40H82N2O4+2. The first-order valence-corrected chi connectivity index (χ1v) is 20.1. The van der Waals surface area contributed by atoms with Gasteiger partial charge in [0.15, 0.2) is 0 Å². The first-order valence-electron chi connectivity index (χ1n) is 20.1. The molecule has 0 bridgehead atoms. The molecule has 0 radical (unpaired) electrons. The highest BCUT2D eigenvalue weighted by atomic mass is 16.5. The number of hydrogen-bond acceptors (Lipinski definition) is 4. The molecule has 0 aromatic rings. The summed E-state index contributed by atoms with van der Waals surface area (Å²) in [5.74, 6) is -0.601. The summed E-state index contributed by atoms with van der Waals surface area (Å²) in [6, 6.07) is 0. The number of quaternary nitrogens is 2. The molecule has 6 heteroatoms. The summed E-state index contributed by atoms with van der Waals surface area (Å²) < 4.78 is 12.6. The van der Waals surface area contributed by atoms with E-state index < -0.39 is 0 Å². The van der Waals surface area contributed by atoms with Gasteiger partial charge in [-0.2, -0.15) is 0 Å². The minimum atomic E-state index is -0.301. The number of likely N-dealkylation sites (N-methyl/N-ethyl adjacent to an activating group) is 2. The highest BCUT2D eigenvalue weighted by Gasteiger charge is 2.18. The molecule has 46 heavy (non-hydrogen) atoms. The third-order valence-corrected chi connectivity index (χ3v) is 9.69. The van der Waals surface area contributed by atoms with Crippen molar-refractivity contribution >= 4 is 11.9 Å². The van der Waals surface area contributed by atoms with Crippen LogP contribution in [0.3, 0.4) is 0 Å². The van der Waals surface area contributed by atoms with Crippen LogP contribution in [0.5, 0.6) is 0 Å². The van der Waals surface area contributed by atoms with E-state index in [1.54, 1.807) is 0 Å². The van der Waals surface area contributed by atoms with Crippen LogP contribution in [-0.4, -0.2) is 88.5 Å². The van der Waals surface area contributed by atoms with Gasteiger partial charge in [0.25, 0.3) is 0 Å². The van der Waals surface area contributed by atoms with Crippen molar-refractivity contribution in [2.45, 2.75) is 181 Å². The molecule has 274 valence electrons. The molecule has 0 fully saturated rings. The summed E-state index contributed by atoms with van der Waals surface area (Å²) in [7, 11) is 8.84. The topological polar surface area (TPSA) is 52.6 Å². The lowest BCUT2D eigenvalue weighted by molar-refractivity contribution is -0.890. The van der Waals surface area contributed by atoms with Gasteiger partial charge in [0.05, 0.1) is 54.1 Å². The normalized spacial score (nSPS) is 12.0. The van der Waals surface area contributed by atoms with Crippen molar-refractivity contribution in [3.05, 3.63) is 0 Å². The molecule has 0 saturated heterocycles. The molecular weight excluding hydrogens is 572 g/mol. The smallest absolute Gasteiger partial charge is 0.306 e. The Morgan fingerprint density at radius 3 is 0.870 bits per heavy atom. The Hall–Kier alpha value is -1.14. The molecule has 0 atom stereocenters. The fourth-order valence-electron chi connectivity index (χ4n) is 6.15. The molecule has 0 aromatic carbocycles. The third-order valence-electron chi connectivity index (χ3n) is 9.69. The van der Waals surface area contributed by atoms with Gasteiger partial charge in [-0.3, -0.25) is 9.59 Å². The van der Waals surface area contributed by atoms with Gasteiger partial charge in [-0.25, -0.2) is 0 Å². The molecule has 0 saturated carbocycles. The average Bonchev–Trinajstić information content (AvgIpc) is 3.01. The quantitative estimate of drug-likeness (QED) is 0.0388. The standard InChI is InChI=1S/C40H82N2O4/c1-7-9-11-13-15-17-19-21-23-25-27-29-33-41(3,4)35-37-45-39(43)31-32-40(44)46-38-36-42(5,6)34-30-28-26-24-22-20-18-16-14-12-10-8-2/h7-38H2,1-6H3/q+2. The fourth-order valence-corrected chi connectivity index (χ4v) is 6.15. The summed E-state index contributed by atoms with van der Waals surface area (Å²) in [5.41, 5.74) is 0. The van der Waals surface area contributed by atoms with Crippen LogP contribution in [-0.2, 0) is 19.1 Å². The Morgan fingerprint density at radius 1 is 0.370 bits per heavy atom. The van der Waals surface area contributed by atoms with Gasteiger partial charge in [0.1, 0.15) is 26.3 Å². The molecule has 0 spiro atoms. The predicted octanol–water partition coefficient (Wildman–Crippen LogP) is 10.4. The Kier molecular flexibility index (Phi) is 30.4. The molecule has 0 aliphatic heterocycles. The number of ether oxygens (including phenoxy) is 2. The van der Waals surface area contributed by atoms with Gasteiger partial charge < -0.3 is 18.4 Å². The van der Waals surface area contributed by atoms with Crippen LogP contribution in [0.1, 0.15) is 181 Å². The van der Waals surface area contributed by atoms with Crippen LogP contribution in [0.25, 0.3) is 0 Å². The van der Waals surface area contributed by atoms with Crippen molar-refractivity contribution in [3.63, 3.8) is 0 Å². The molecule has 0 amide bonds. The molecule has 0 unspecified atom stereocenters. The van der Waals surface area contributed by atoms with Crippen LogP contribution in [0, 0.1) is 0 Å². The third kappa shape index (κ3) is 32.8. The Labute approximate surface area is 287 Å². The molecule has 0 aromatic heterocycles. The summed E-state index contributed by atoms with van der Waals surface area (Å²) in [6.07, 6.45) is 32.9.